The minimum Gasteiger partial charge on any atom is -0.479 e. The molecular weight excluding hydrogens is 378 g/mol. The van der Waals surface area contributed by atoms with Crippen molar-refractivity contribution in [1.82, 2.24) is 10.2 Å². The number of hydrogen-bond acceptors (Lipinski definition) is 4. The normalized spacial score (nSPS) is 16.7. The molecule has 0 spiro atoms. The molecule has 0 saturated heterocycles. The van der Waals surface area contributed by atoms with Gasteiger partial charge in [0.05, 0.1) is 11.7 Å². The molecule has 2 aromatic rings. The van der Waals surface area contributed by atoms with E-state index in [-0.39, 0.29) is 24.3 Å². The third-order valence-corrected chi connectivity index (χ3v) is 5.57. The predicted molar refractivity (Wildman–Crippen MR) is 119 cm³/mol. The molecule has 0 radical (unpaired) electrons. The van der Waals surface area contributed by atoms with Crippen LogP contribution in [0.4, 0.5) is 5.69 Å². The Balaban J connectivity index is 1.62. The topological polar surface area (TPSA) is 61.9 Å². The van der Waals surface area contributed by atoms with Crippen LogP contribution in [0.1, 0.15) is 38.8 Å². The van der Waals surface area contributed by atoms with E-state index in [1.54, 1.807) is 11.8 Å². The number of likely N-dealkylation sites (N-methyl/N-ethyl adjacent to an activating group) is 1. The number of carbonyl (C=O) groups is 2. The lowest BCUT2D eigenvalue weighted by Crippen LogP contribution is -2.46. The molecule has 0 bridgehead atoms. The fourth-order valence-electron chi connectivity index (χ4n) is 3.90. The van der Waals surface area contributed by atoms with Crippen molar-refractivity contribution in [1.29, 1.82) is 0 Å². The summed E-state index contributed by atoms with van der Waals surface area (Å²) in [6.45, 7) is 8.67. The van der Waals surface area contributed by atoms with E-state index in [9.17, 15) is 9.59 Å². The van der Waals surface area contributed by atoms with Crippen molar-refractivity contribution >= 4 is 17.5 Å². The van der Waals surface area contributed by atoms with Gasteiger partial charge in [0, 0.05) is 19.5 Å². The first kappa shape index (κ1) is 21.8. The Labute approximate surface area is 178 Å². The van der Waals surface area contributed by atoms with Gasteiger partial charge in [-0.2, -0.15) is 0 Å². The minimum absolute atomic E-state index is 0.0625. The number of para-hydroxylation sites is 2. The summed E-state index contributed by atoms with van der Waals surface area (Å²) in [7, 11) is 0. The van der Waals surface area contributed by atoms with Gasteiger partial charge in [-0.25, -0.2) is 0 Å². The molecule has 2 unspecified atom stereocenters. The second-order valence-electron chi connectivity index (χ2n) is 7.42. The highest BCUT2D eigenvalue weighted by Crippen LogP contribution is 2.33. The summed E-state index contributed by atoms with van der Waals surface area (Å²) in [5.74, 6) is 0.495. The van der Waals surface area contributed by atoms with Crippen LogP contribution in [0.3, 0.4) is 0 Å². The number of amides is 2. The van der Waals surface area contributed by atoms with Crippen LogP contribution in [0.5, 0.6) is 5.75 Å². The van der Waals surface area contributed by atoms with Crippen LogP contribution in [0.15, 0.2) is 54.6 Å². The van der Waals surface area contributed by atoms with E-state index >= 15 is 0 Å². The van der Waals surface area contributed by atoms with Crippen LogP contribution in [0.2, 0.25) is 0 Å². The average Bonchev–Trinajstić information content (AvgIpc) is 2.77. The van der Waals surface area contributed by atoms with Gasteiger partial charge < -0.3 is 15.0 Å². The average molecular weight is 410 g/mol. The van der Waals surface area contributed by atoms with E-state index < -0.39 is 6.10 Å². The summed E-state index contributed by atoms with van der Waals surface area (Å²) in [5, 5.41) is 3.07. The third-order valence-electron chi connectivity index (χ3n) is 5.57. The van der Waals surface area contributed by atoms with Crippen LogP contribution >= 0.6 is 0 Å². The van der Waals surface area contributed by atoms with Gasteiger partial charge in [-0.05, 0) is 37.7 Å². The van der Waals surface area contributed by atoms with Gasteiger partial charge in [-0.3, -0.25) is 14.5 Å². The van der Waals surface area contributed by atoms with E-state index in [1.165, 1.54) is 5.56 Å². The van der Waals surface area contributed by atoms with Gasteiger partial charge in [0.15, 0.2) is 6.10 Å². The minimum atomic E-state index is -0.548. The monoisotopic (exact) mass is 409 g/mol. The number of ether oxygens (including phenoxy) is 1. The highest BCUT2D eigenvalue weighted by Gasteiger charge is 2.31. The van der Waals surface area contributed by atoms with Gasteiger partial charge in [-0.1, -0.05) is 56.3 Å². The fraction of sp³-hybridized carbons (Fsp3) is 0.417. The Morgan fingerprint density at radius 3 is 2.47 bits per heavy atom. The van der Waals surface area contributed by atoms with Crippen molar-refractivity contribution in [3.05, 3.63) is 60.2 Å². The lowest BCUT2D eigenvalue weighted by atomic mass is 10.0. The van der Waals surface area contributed by atoms with Gasteiger partial charge in [0.25, 0.3) is 5.91 Å². The Kier molecular flexibility index (Phi) is 7.46. The second-order valence-corrected chi connectivity index (χ2v) is 7.42. The van der Waals surface area contributed by atoms with E-state index in [0.717, 1.165) is 18.8 Å². The van der Waals surface area contributed by atoms with Crippen molar-refractivity contribution in [2.24, 2.45) is 0 Å². The molecule has 0 saturated carbocycles. The van der Waals surface area contributed by atoms with Gasteiger partial charge in [0.1, 0.15) is 5.75 Å². The van der Waals surface area contributed by atoms with Crippen LogP contribution in [-0.4, -0.2) is 49.0 Å². The number of nitrogens with zero attached hydrogens (tertiary/aromatic N) is 2. The van der Waals surface area contributed by atoms with E-state index in [2.05, 4.69) is 36.2 Å². The molecular formula is C24H31N3O3. The summed E-state index contributed by atoms with van der Waals surface area (Å²) in [4.78, 5) is 29.2. The molecule has 2 atom stereocenters. The Morgan fingerprint density at radius 2 is 1.77 bits per heavy atom. The molecule has 6 heteroatoms. The standard InChI is InChI=1S/C24H31N3O3/c1-4-26(5-2)21(19-11-7-6-8-12-19)17-25-23(28)15-16-27-20-13-9-10-14-22(20)30-18(3)24(27)29/h6-14,18,21H,4-5,15-17H2,1-3H3,(H,25,28). The zero-order valence-corrected chi connectivity index (χ0v) is 18.0. The molecule has 0 aliphatic carbocycles. The molecule has 160 valence electrons. The Morgan fingerprint density at radius 1 is 1.10 bits per heavy atom. The quantitative estimate of drug-likeness (QED) is 0.690. The first-order valence-electron chi connectivity index (χ1n) is 10.7. The molecule has 6 nitrogen and oxygen atoms in total. The molecule has 1 aliphatic rings. The van der Waals surface area contributed by atoms with Crippen molar-refractivity contribution in [3.63, 3.8) is 0 Å². The number of fused-ring (bicyclic) bond motifs is 1. The number of carbonyl (C=O) groups excluding carboxylic acids is 2. The number of hydrogen-bond donors (Lipinski definition) is 1. The highest BCUT2D eigenvalue weighted by atomic mass is 16.5. The largest absolute Gasteiger partial charge is 0.479 e. The first-order valence-corrected chi connectivity index (χ1v) is 10.7. The molecule has 2 amide bonds. The smallest absolute Gasteiger partial charge is 0.267 e. The van der Waals surface area contributed by atoms with E-state index in [4.69, 9.17) is 4.74 Å². The summed E-state index contributed by atoms with van der Waals surface area (Å²) < 4.78 is 5.66. The molecule has 2 aromatic carbocycles. The van der Waals surface area contributed by atoms with Crippen LogP contribution in [-0.2, 0) is 9.59 Å². The zero-order chi connectivity index (χ0) is 21.5. The summed E-state index contributed by atoms with van der Waals surface area (Å²) in [6.07, 6.45) is -0.305. The molecule has 30 heavy (non-hydrogen) atoms. The van der Waals surface area contributed by atoms with Crippen molar-refractivity contribution in [3.8, 4) is 5.75 Å². The van der Waals surface area contributed by atoms with Crippen molar-refractivity contribution in [2.75, 3.05) is 31.1 Å². The summed E-state index contributed by atoms with van der Waals surface area (Å²) in [6, 6.07) is 17.8. The first-order chi connectivity index (χ1) is 14.5. The SMILES string of the molecule is CCN(CC)C(CNC(=O)CCN1C(=O)C(C)Oc2ccccc21)c1ccccc1. The highest BCUT2D eigenvalue weighted by molar-refractivity contribution is 6.00. The molecule has 0 fully saturated rings. The Bertz CT molecular complexity index is 852. The van der Waals surface area contributed by atoms with Crippen LogP contribution in [0.25, 0.3) is 0 Å². The lowest BCUT2D eigenvalue weighted by molar-refractivity contribution is -0.125. The van der Waals surface area contributed by atoms with Crippen LogP contribution < -0.4 is 15.0 Å². The maximum absolute atomic E-state index is 12.6. The molecule has 3 rings (SSSR count). The molecule has 0 aromatic heterocycles. The number of nitrogens with one attached hydrogen (secondary N) is 1. The predicted octanol–water partition coefficient (Wildman–Crippen LogP) is 3.39. The van der Waals surface area contributed by atoms with E-state index in [0.29, 0.717) is 18.8 Å². The molecule has 1 N–H and O–H groups in total. The number of anilines is 1. The lowest BCUT2D eigenvalue weighted by Gasteiger charge is -2.33. The maximum Gasteiger partial charge on any atom is 0.267 e. The second kappa shape index (κ2) is 10.3. The molecule has 1 aliphatic heterocycles. The number of rotatable bonds is 9. The maximum atomic E-state index is 12.6. The van der Waals surface area contributed by atoms with Crippen molar-refractivity contribution < 1.29 is 14.3 Å². The van der Waals surface area contributed by atoms with Gasteiger partial charge in [-0.15, -0.1) is 0 Å². The number of benzene rings is 2. The third kappa shape index (κ3) is 5.00. The fourth-order valence-corrected chi connectivity index (χ4v) is 3.90. The zero-order valence-electron chi connectivity index (χ0n) is 18.0. The van der Waals surface area contributed by atoms with Gasteiger partial charge in [0.2, 0.25) is 5.91 Å². The summed E-state index contributed by atoms with van der Waals surface area (Å²) in [5.41, 5.74) is 1.91. The van der Waals surface area contributed by atoms with Gasteiger partial charge >= 0.3 is 0 Å². The molecule has 1 heterocycles. The van der Waals surface area contributed by atoms with Crippen molar-refractivity contribution in [2.45, 2.75) is 39.3 Å². The van der Waals surface area contributed by atoms with Crippen LogP contribution in [0, 0.1) is 0 Å². The summed E-state index contributed by atoms with van der Waals surface area (Å²) >= 11 is 0. The Hall–Kier alpha value is -2.86. The van der Waals surface area contributed by atoms with E-state index in [1.807, 2.05) is 42.5 Å².